The third-order valence-corrected chi connectivity index (χ3v) is 4.69. The highest BCUT2D eigenvalue weighted by Gasteiger charge is 2.14. The molecule has 0 fully saturated rings. The van der Waals surface area contributed by atoms with Gasteiger partial charge in [-0.05, 0) is 30.2 Å². The van der Waals surface area contributed by atoms with Crippen LogP contribution in [0, 0.1) is 0 Å². The second-order valence-electron chi connectivity index (χ2n) is 5.89. The standard InChI is InChI=1S/C19H17Cl2N3O2/c20-13-6-5-12(16(21)9-13)7-8-23-18(25)11-24-10-15(19(22)26)14-3-1-2-4-17(14)24/h1-6,9-10H,7-8,11H2,(H2,22,26)(H,23,25). The number of halogens is 2. The smallest absolute Gasteiger partial charge is 0.250 e. The number of carbonyl (C=O) groups excluding carboxylic acids is 2. The predicted molar refractivity (Wildman–Crippen MR) is 104 cm³/mol. The number of nitrogens with one attached hydrogen (secondary N) is 1. The zero-order chi connectivity index (χ0) is 18.7. The largest absolute Gasteiger partial charge is 0.366 e. The van der Waals surface area contributed by atoms with Gasteiger partial charge < -0.3 is 15.6 Å². The van der Waals surface area contributed by atoms with Crippen LogP contribution >= 0.6 is 23.2 Å². The van der Waals surface area contributed by atoms with Crippen molar-refractivity contribution in [2.24, 2.45) is 5.73 Å². The summed E-state index contributed by atoms with van der Waals surface area (Å²) in [6.45, 7) is 0.546. The van der Waals surface area contributed by atoms with Crippen LogP contribution in [0.2, 0.25) is 10.0 Å². The molecule has 0 spiro atoms. The van der Waals surface area contributed by atoms with E-state index in [1.54, 1.807) is 22.9 Å². The Morgan fingerprint density at radius 1 is 1.12 bits per heavy atom. The third-order valence-electron chi connectivity index (χ3n) is 4.10. The Hall–Kier alpha value is -2.50. The van der Waals surface area contributed by atoms with E-state index in [2.05, 4.69) is 5.32 Å². The van der Waals surface area contributed by atoms with Gasteiger partial charge in [0.05, 0.1) is 5.56 Å². The maximum atomic E-state index is 12.3. The molecule has 3 aromatic rings. The average Bonchev–Trinajstić information content (AvgIpc) is 2.96. The normalized spacial score (nSPS) is 10.8. The van der Waals surface area contributed by atoms with Gasteiger partial charge in [-0.3, -0.25) is 9.59 Å². The summed E-state index contributed by atoms with van der Waals surface area (Å²) in [6.07, 6.45) is 2.21. The molecule has 0 saturated carbocycles. The van der Waals surface area contributed by atoms with Crippen LogP contribution in [0.1, 0.15) is 15.9 Å². The molecule has 0 unspecified atom stereocenters. The van der Waals surface area contributed by atoms with Crippen molar-refractivity contribution in [3.63, 3.8) is 0 Å². The summed E-state index contributed by atoms with van der Waals surface area (Å²) in [4.78, 5) is 23.8. The van der Waals surface area contributed by atoms with Crippen molar-refractivity contribution in [1.29, 1.82) is 0 Å². The average molecular weight is 390 g/mol. The number of hydrogen-bond acceptors (Lipinski definition) is 2. The van der Waals surface area contributed by atoms with E-state index in [1.165, 1.54) is 0 Å². The number of hydrogen-bond donors (Lipinski definition) is 2. The van der Waals surface area contributed by atoms with Crippen LogP contribution in [0.15, 0.2) is 48.7 Å². The second kappa shape index (κ2) is 7.81. The monoisotopic (exact) mass is 389 g/mol. The van der Waals surface area contributed by atoms with Crippen LogP contribution in [-0.4, -0.2) is 22.9 Å². The fourth-order valence-corrected chi connectivity index (χ4v) is 3.35. The van der Waals surface area contributed by atoms with E-state index in [4.69, 9.17) is 28.9 Å². The molecule has 0 bridgehead atoms. The second-order valence-corrected chi connectivity index (χ2v) is 6.73. The first-order chi connectivity index (χ1) is 12.5. The quantitative estimate of drug-likeness (QED) is 0.677. The van der Waals surface area contributed by atoms with E-state index in [9.17, 15) is 9.59 Å². The number of nitrogens with zero attached hydrogens (tertiary/aromatic N) is 1. The molecule has 0 radical (unpaired) electrons. The number of para-hydroxylation sites is 1. The summed E-state index contributed by atoms with van der Waals surface area (Å²) >= 11 is 12.0. The molecule has 0 saturated heterocycles. The molecule has 0 aliphatic carbocycles. The highest BCUT2D eigenvalue weighted by Crippen LogP contribution is 2.22. The minimum absolute atomic E-state index is 0.0993. The first kappa shape index (κ1) is 18.3. The van der Waals surface area contributed by atoms with Crippen molar-refractivity contribution in [2.75, 3.05) is 6.54 Å². The van der Waals surface area contributed by atoms with Gasteiger partial charge in [0.1, 0.15) is 6.54 Å². The lowest BCUT2D eigenvalue weighted by Crippen LogP contribution is -2.29. The van der Waals surface area contributed by atoms with Crippen molar-refractivity contribution < 1.29 is 9.59 Å². The highest BCUT2D eigenvalue weighted by atomic mass is 35.5. The van der Waals surface area contributed by atoms with E-state index in [0.717, 1.165) is 16.5 Å². The van der Waals surface area contributed by atoms with E-state index >= 15 is 0 Å². The van der Waals surface area contributed by atoms with E-state index in [1.807, 2.05) is 30.3 Å². The van der Waals surface area contributed by atoms with Gasteiger partial charge in [-0.1, -0.05) is 47.5 Å². The molecule has 7 heteroatoms. The molecule has 26 heavy (non-hydrogen) atoms. The zero-order valence-corrected chi connectivity index (χ0v) is 15.3. The summed E-state index contributed by atoms with van der Waals surface area (Å²) in [5.74, 6) is -0.676. The first-order valence-corrected chi connectivity index (χ1v) is 8.79. The number of fused-ring (bicyclic) bond motifs is 1. The van der Waals surface area contributed by atoms with Crippen LogP contribution in [0.3, 0.4) is 0 Å². The molecule has 3 rings (SSSR count). The Balaban J connectivity index is 1.65. The van der Waals surface area contributed by atoms with E-state index in [0.29, 0.717) is 28.6 Å². The summed E-state index contributed by atoms with van der Waals surface area (Å²) in [5.41, 5.74) is 7.53. The number of amides is 2. The predicted octanol–water partition coefficient (Wildman–Crippen LogP) is 3.41. The molecule has 2 aromatic carbocycles. The maximum Gasteiger partial charge on any atom is 0.250 e. The first-order valence-electron chi connectivity index (χ1n) is 8.04. The number of primary amides is 1. The van der Waals surface area contributed by atoms with Crippen LogP contribution in [-0.2, 0) is 17.8 Å². The van der Waals surface area contributed by atoms with Gasteiger partial charge >= 0.3 is 0 Å². The van der Waals surface area contributed by atoms with Crippen molar-refractivity contribution in [3.05, 3.63) is 69.8 Å². The van der Waals surface area contributed by atoms with Crippen LogP contribution in [0.5, 0.6) is 0 Å². The number of aromatic nitrogens is 1. The topological polar surface area (TPSA) is 77.1 Å². The molecular formula is C19H17Cl2N3O2. The number of carbonyl (C=O) groups is 2. The Morgan fingerprint density at radius 3 is 2.62 bits per heavy atom. The molecule has 2 amide bonds. The Bertz CT molecular complexity index is 982. The van der Waals surface area contributed by atoms with Gasteiger partial charge in [0.15, 0.2) is 0 Å². The summed E-state index contributed by atoms with van der Waals surface area (Å²) < 4.78 is 1.72. The Labute approximate surface area is 160 Å². The lowest BCUT2D eigenvalue weighted by atomic mass is 10.1. The molecule has 3 N–H and O–H groups in total. The number of rotatable bonds is 6. The van der Waals surface area contributed by atoms with E-state index in [-0.39, 0.29) is 12.5 Å². The summed E-state index contributed by atoms with van der Waals surface area (Å²) in [6, 6.07) is 12.6. The summed E-state index contributed by atoms with van der Waals surface area (Å²) in [5, 5.41) is 4.75. The van der Waals surface area contributed by atoms with Crippen molar-refractivity contribution in [1.82, 2.24) is 9.88 Å². The molecule has 0 aliphatic rings. The zero-order valence-electron chi connectivity index (χ0n) is 13.8. The minimum Gasteiger partial charge on any atom is -0.366 e. The van der Waals surface area contributed by atoms with Gasteiger partial charge in [-0.15, -0.1) is 0 Å². The van der Waals surface area contributed by atoms with E-state index < -0.39 is 5.91 Å². The van der Waals surface area contributed by atoms with Crippen LogP contribution in [0.4, 0.5) is 0 Å². The van der Waals surface area contributed by atoms with Crippen LogP contribution < -0.4 is 11.1 Å². The summed E-state index contributed by atoms with van der Waals surface area (Å²) in [7, 11) is 0. The lowest BCUT2D eigenvalue weighted by molar-refractivity contribution is -0.121. The van der Waals surface area contributed by atoms with Crippen molar-refractivity contribution in [2.45, 2.75) is 13.0 Å². The molecule has 0 atom stereocenters. The van der Waals surface area contributed by atoms with Gasteiger partial charge in [0.25, 0.3) is 5.91 Å². The van der Waals surface area contributed by atoms with Gasteiger partial charge in [-0.25, -0.2) is 0 Å². The Morgan fingerprint density at radius 2 is 1.88 bits per heavy atom. The highest BCUT2D eigenvalue weighted by molar-refractivity contribution is 6.35. The van der Waals surface area contributed by atoms with Crippen molar-refractivity contribution in [3.8, 4) is 0 Å². The molecule has 0 aliphatic heterocycles. The molecular weight excluding hydrogens is 373 g/mol. The third kappa shape index (κ3) is 4.00. The Kier molecular flexibility index (Phi) is 5.49. The van der Waals surface area contributed by atoms with Gasteiger partial charge in [0.2, 0.25) is 5.91 Å². The fraction of sp³-hybridized carbons (Fsp3) is 0.158. The minimum atomic E-state index is -0.516. The molecule has 1 heterocycles. The number of nitrogens with two attached hydrogens (primary N) is 1. The van der Waals surface area contributed by atoms with Crippen LogP contribution in [0.25, 0.3) is 10.9 Å². The molecule has 5 nitrogen and oxygen atoms in total. The molecule has 134 valence electrons. The van der Waals surface area contributed by atoms with Gasteiger partial charge in [0, 0.05) is 33.7 Å². The lowest BCUT2D eigenvalue weighted by Gasteiger charge is -2.08. The molecule has 1 aromatic heterocycles. The maximum absolute atomic E-state index is 12.3. The number of benzene rings is 2. The van der Waals surface area contributed by atoms with Gasteiger partial charge in [-0.2, -0.15) is 0 Å². The fourth-order valence-electron chi connectivity index (χ4n) is 2.85. The van der Waals surface area contributed by atoms with Crippen molar-refractivity contribution >= 4 is 45.9 Å². The SMILES string of the molecule is NC(=O)c1cn(CC(=O)NCCc2ccc(Cl)cc2Cl)c2ccccc12.